The molecule has 0 saturated heterocycles. The van der Waals surface area contributed by atoms with Crippen molar-refractivity contribution in [2.24, 2.45) is 5.41 Å². The van der Waals surface area contributed by atoms with Crippen LogP contribution in [0.3, 0.4) is 0 Å². The Kier molecular flexibility index (Phi) is 5.25. The van der Waals surface area contributed by atoms with Gasteiger partial charge in [0.1, 0.15) is 0 Å². The van der Waals surface area contributed by atoms with Gasteiger partial charge in [-0.1, -0.05) is 56.5 Å². The smallest absolute Gasteiger partial charge is 0.000516 e. The van der Waals surface area contributed by atoms with Crippen molar-refractivity contribution in [2.75, 3.05) is 13.1 Å². The van der Waals surface area contributed by atoms with Gasteiger partial charge in [-0.3, -0.25) is 0 Å². The summed E-state index contributed by atoms with van der Waals surface area (Å²) in [5.74, 6) is 0. The Morgan fingerprint density at radius 2 is 1.78 bits per heavy atom. The molecule has 100 valence electrons. The minimum absolute atomic E-state index is 0.574. The van der Waals surface area contributed by atoms with Crippen LogP contribution in [0.4, 0.5) is 0 Å². The van der Waals surface area contributed by atoms with Crippen LogP contribution in [0.5, 0.6) is 0 Å². The normalized spacial score (nSPS) is 18.7. The first-order valence-electron chi connectivity index (χ1n) is 7.53. The monoisotopic (exact) mass is 245 g/mol. The fourth-order valence-corrected chi connectivity index (χ4v) is 3.03. The van der Waals surface area contributed by atoms with Crippen molar-refractivity contribution in [2.45, 2.75) is 51.9 Å². The molecular weight excluding hydrogens is 218 g/mol. The number of benzene rings is 1. The molecule has 1 saturated carbocycles. The lowest BCUT2D eigenvalue weighted by molar-refractivity contribution is 0.208. The number of aryl methyl sites for hydroxylation is 1. The van der Waals surface area contributed by atoms with Gasteiger partial charge in [0, 0.05) is 6.54 Å². The first-order chi connectivity index (χ1) is 8.79. The Hall–Kier alpha value is -0.820. The Morgan fingerprint density at radius 1 is 1.06 bits per heavy atom. The van der Waals surface area contributed by atoms with Gasteiger partial charge in [-0.15, -0.1) is 0 Å². The maximum Gasteiger partial charge on any atom is 0.000516 e. The molecule has 1 heteroatoms. The predicted octanol–water partition coefficient (Wildman–Crippen LogP) is 4.18. The zero-order valence-electron chi connectivity index (χ0n) is 11.8. The van der Waals surface area contributed by atoms with Crippen LogP contribution in [0.25, 0.3) is 0 Å². The molecule has 0 amide bonds. The third-order valence-electron chi connectivity index (χ3n) is 4.27. The molecule has 0 aliphatic heterocycles. The van der Waals surface area contributed by atoms with Crippen LogP contribution >= 0.6 is 0 Å². The second kappa shape index (κ2) is 6.94. The van der Waals surface area contributed by atoms with E-state index in [4.69, 9.17) is 0 Å². The van der Waals surface area contributed by atoms with Crippen LogP contribution in [0.15, 0.2) is 30.3 Å². The lowest BCUT2D eigenvalue weighted by Crippen LogP contribution is -2.34. The van der Waals surface area contributed by atoms with Crippen LogP contribution in [-0.4, -0.2) is 13.1 Å². The van der Waals surface area contributed by atoms with Gasteiger partial charge in [0.2, 0.25) is 0 Å². The molecule has 0 radical (unpaired) electrons. The summed E-state index contributed by atoms with van der Waals surface area (Å²) in [6.07, 6.45) is 9.59. The zero-order valence-corrected chi connectivity index (χ0v) is 11.8. The van der Waals surface area contributed by atoms with Gasteiger partial charge in [0.15, 0.2) is 0 Å². The van der Waals surface area contributed by atoms with E-state index in [1.165, 1.54) is 57.1 Å². The third kappa shape index (κ3) is 4.45. The number of rotatable bonds is 6. The summed E-state index contributed by atoms with van der Waals surface area (Å²) in [6, 6.07) is 10.8. The van der Waals surface area contributed by atoms with Gasteiger partial charge in [-0.25, -0.2) is 0 Å². The van der Waals surface area contributed by atoms with E-state index >= 15 is 0 Å². The maximum absolute atomic E-state index is 3.67. The lowest BCUT2D eigenvalue weighted by Gasteiger charge is -2.33. The maximum atomic E-state index is 3.67. The average molecular weight is 245 g/mol. The van der Waals surface area contributed by atoms with Crippen molar-refractivity contribution in [3.8, 4) is 0 Å². The molecule has 0 bridgehead atoms. The van der Waals surface area contributed by atoms with E-state index in [-0.39, 0.29) is 0 Å². The van der Waals surface area contributed by atoms with Crippen LogP contribution in [-0.2, 0) is 6.42 Å². The molecule has 2 rings (SSSR count). The predicted molar refractivity (Wildman–Crippen MR) is 78.8 cm³/mol. The van der Waals surface area contributed by atoms with Gasteiger partial charge in [-0.2, -0.15) is 0 Å². The average Bonchev–Trinajstić information content (AvgIpc) is 2.40. The fraction of sp³-hybridized carbons (Fsp3) is 0.647. The molecule has 18 heavy (non-hydrogen) atoms. The molecule has 1 fully saturated rings. The second-order valence-corrected chi connectivity index (χ2v) is 6.14. The minimum atomic E-state index is 0.574. The van der Waals surface area contributed by atoms with E-state index in [0.717, 1.165) is 6.54 Å². The van der Waals surface area contributed by atoms with Gasteiger partial charge < -0.3 is 5.32 Å². The van der Waals surface area contributed by atoms with E-state index in [1.54, 1.807) is 0 Å². The van der Waals surface area contributed by atoms with Crippen LogP contribution < -0.4 is 5.32 Å². The van der Waals surface area contributed by atoms with Crippen molar-refractivity contribution in [3.05, 3.63) is 35.9 Å². The number of hydrogen-bond acceptors (Lipinski definition) is 1. The van der Waals surface area contributed by atoms with Crippen LogP contribution in [0.1, 0.15) is 51.0 Å². The minimum Gasteiger partial charge on any atom is -0.316 e. The lowest BCUT2D eigenvalue weighted by atomic mass is 9.76. The highest BCUT2D eigenvalue weighted by Crippen LogP contribution is 2.34. The Morgan fingerprint density at radius 3 is 2.50 bits per heavy atom. The van der Waals surface area contributed by atoms with E-state index in [9.17, 15) is 0 Å². The second-order valence-electron chi connectivity index (χ2n) is 6.14. The molecule has 1 N–H and O–H groups in total. The molecule has 1 aliphatic carbocycles. The summed E-state index contributed by atoms with van der Waals surface area (Å²) >= 11 is 0. The van der Waals surface area contributed by atoms with Crippen molar-refractivity contribution in [1.29, 1.82) is 0 Å². The highest BCUT2D eigenvalue weighted by molar-refractivity contribution is 5.14. The summed E-state index contributed by atoms with van der Waals surface area (Å²) in [6.45, 7) is 4.82. The fourth-order valence-electron chi connectivity index (χ4n) is 3.03. The van der Waals surface area contributed by atoms with Crippen molar-refractivity contribution in [3.63, 3.8) is 0 Å². The van der Waals surface area contributed by atoms with Crippen molar-refractivity contribution in [1.82, 2.24) is 5.32 Å². The molecular formula is C17H27N. The molecule has 1 aromatic rings. The molecule has 0 spiro atoms. The van der Waals surface area contributed by atoms with Gasteiger partial charge >= 0.3 is 0 Å². The van der Waals surface area contributed by atoms with E-state index in [0.29, 0.717) is 5.41 Å². The van der Waals surface area contributed by atoms with Crippen LogP contribution in [0.2, 0.25) is 0 Å². The van der Waals surface area contributed by atoms with Gasteiger partial charge in [-0.05, 0) is 43.2 Å². The quantitative estimate of drug-likeness (QED) is 0.741. The van der Waals surface area contributed by atoms with Gasteiger partial charge in [0.05, 0.1) is 0 Å². The molecule has 0 heterocycles. The summed E-state index contributed by atoms with van der Waals surface area (Å²) < 4.78 is 0. The summed E-state index contributed by atoms with van der Waals surface area (Å²) in [5, 5.41) is 3.67. The Balaban J connectivity index is 1.58. The van der Waals surface area contributed by atoms with Crippen molar-refractivity contribution >= 4 is 0 Å². The number of nitrogens with one attached hydrogen (secondary N) is 1. The molecule has 1 aliphatic rings. The van der Waals surface area contributed by atoms with Gasteiger partial charge in [0.25, 0.3) is 0 Å². The molecule has 1 nitrogen and oxygen atoms in total. The molecule has 1 aromatic carbocycles. The van der Waals surface area contributed by atoms with E-state index in [2.05, 4.69) is 42.6 Å². The standard InChI is InChI=1S/C17H27N/c1-17(12-6-3-7-13-17)15-18-14-8-11-16-9-4-2-5-10-16/h2,4-5,9-10,18H,3,6-8,11-15H2,1H3. The SMILES string of the molecule is CC1(CNCCCc2ccccc2)CCCCC1. The largest absolute Gasteiger partial charge is 0.316 e. The Bertz CT molecular complexity index is 325. The molecule has 0 aromatic heterocycles. The van der Waals surface area contributed by atoms with E-state index < -0.39 is 0 Å². The van der Waals surface area contributed by atoms with Crippen LogP contribution in [0, 0.1) is 5.41 Å². The zero-order chi connectivity index (χ0) is 12.7. The third-order valence-corrected chi connectivity index (χ3v) is 4.27. The van der Waals surface area contributed by atoms with E-state index in [1.807, 2.05) is 0 Å². The topological polar surface area (TPSA) is 12.0 Å². The first-order valence-corrected chi connectivity index (χ1v) is 7.53. The highest BCUT2D eigenvalue weighted by Gasteiger charge is 2.25. The summed E-state index contributed by atoms with van der Waals surface area (Å²) in [7, 11) is 0. The summed E-state index contributed by atoms with van der Waals surface area (Å²) in [5.41, 5.74) is 2.04. The first kappa shape index (κ1) is 13.6. The Labute approximate surface area is 112 Å². The summed E-state index contributed by atoms with van der Waals surface area (Å²) in [4.78, 5) is 0. The molecule has 0 unspecified atom stereocenters. The van der Waals surface area contributed by atoms with Crippen molar-refractivity contribution < 1.29 is 0 Å². The number of hydrogen-bond donors (Lipinski definition) is 1. The molecule has 0 atom stereocenters. The highest BCUT2D eigenvalue weighted by atomic mass is 14.9.